The maximum Gasteiger partial charge on any atom is 0.416 e. The summed E-state index contributed by atoms with van der Waals surface area (Å²) in [6.45, 7) is 4.31. The molecule has 1 aliphatic heterocycles. The highest BCUT2D eigenvalue weighted by Crippen LogP contribution is 2.32. The molecule has 190 valence electrons. The smallest absolute Gasteiger partial charge is 0.411 e. The number of benzene rings is 2. The molecule has 0 unspecified atom stereocenters. The first kappa shape index (κ1) is 25.6. The van der Waals surface area contributed by atoms with Gasteiger partial charge in [-0.1, -0.05) is 11.6 Å². The minimum Gasteiger partial charge on any atom is -0.411 e. The Bertz CT molecular complexity index is 1360. The summed E-state index contributed by atoms with van der Waals surface area (Å²) in [5.74, 6) is -0.0703. The summed E-state index contributed by atoms with van der Waals surface area (Å²) in [6, 6.07) is 9.62. The van der Waals surface area contributed by atoms with Gasteiger partial charge in [0.1, 0.15) is 7.11 Å². The molecular weight excluding hydrogens is 497 g/mol. The summed E-state index contributed by atoms with van der Waals surface area (Å²) in [5.41, 5.74) is 1.25. The Balaban J connectivity index is 1.69. The number of aryl methyl sites for hydroxylation is 1. The maximum absolute atomic E-state index is 13.4. The van der Waals surface area contributed by atoms with Crippen molar-refractivity contribution in [2.24, 2.45) is 0 Å². The van der Waals surface area contributed by atoms with Gasteiger partial charge in [-0.05, 0) is 61.9 Å². The number of amides is 1. The normalized spacial score (nSPS) is 13.4. The Morgan fingerprint density at radius 1 is 1.19 bits per heavy atom. The van der Waals surface area contributed by atoms with Crippen LogP contribution in [0.15, 0.2) is 47.3 Å². The highest BCUT2D eigenvalue weighted by molar-refractivity contribution is 6.30. The van der Waals surface area contributed by atoms with Crippen LogP contribution < -0.4 is 15.3 Å². The third kappa shape index (κ3) is 4.77. The van der Waals surface area contributed by atoms with E-state index in [2.05, 4.69) is 4.98 Å². The van der Waals surface area contributed by atoms with Crippen LogP contribution in [0.25, 0.3) is 0 Å². The number of anilines is 2. The van der Waals surface area contributed by atoms with Crippen LogP contribution >= 0.6 is 11.6 Å². The topological polar surface area (TPSA) is 67.7 Å². The Morgan fingerprint density at radius 3 is 2.47 bits per heavy atom. The highest BCUT2D eigenvalue weighted by atomic mass is 35.5. The van der Waals surface area contributed by atoms with Gasteiger partial charge in [0.25, 0.3) is 11.5 Å². The van der Waals surface area contributed by atoms with Crippen LogP contribution in [0.2, 0.25) is 5.02 Å². The van der Waals surface area contributed by atoms with Gasteiger partial charge in [-0.2, -0.15) is 13.2 Å². The van der Waals surface area contributed by atoms with Crippen molar-refractivity contribution < 1.29 is 22.8 Å². The van der Waals surface area contributed by atoms with Crippen LogP contribution in [-0.4, -0.2) is 40.7 Å². The van der Waals surface area contributed by atoms with E-state index in [0.29, 0.717) is 47.0 Å². The van der Waals surface area contributed by atoms with Crippen molar-refractivity contribution in [1.29, 1.82) is 0 Å². The number of carbonyl (C=O) groups excluding carboxylic acids is 1. The van der Waals surface area contributed by atoms with Crippen LogP contribution in [0, 0.1) is 6.92 Å². The second-order valence-corrected chi connectivity index (χ2v) is 8.78. The number of hydrogen-bond acceptors (Lipinski definition) is 5. The van der Waals surface area contributed by atoms with E-state index in [0.717, 1.165) is 22.4 Å². The lowest BCUT2D eigenvalue weighted by Gasteiger charge is -2.31. The first-order valence-electron chi connectivity index (χ1n) is 11.2. The molecular formula is C25H24ClF3N4O3. The molecule has 0 saturated carbocycles. The van der Waals surface area contributed by atoms with E-state index in [1.54, 1.807) is 41.8 Å². The Kier molecular flexibility index (Phi) is 6.99. The number of halogens is 4. The molecule has 1 amide bonds. The first-order valence-corrected chi connectivity index (χ1v) is 11.6. The van der Waals surface area contributed by atoms with E-state index in [1.165, 1.54) is 19.2 Å². The van der Waals surface area contributed by atoms with Gasteiger partial charge in [-0.25, -0.2) is 4.98 Å². The van der Waals surface area contributed by atoms with Crippen LogP contribution in [0.3, 0.4) is 0 Å². The minimum absolute atomic E-state index is 0.0537. The highest BCUT2D eigenvalue weighted by Gasteiger charge is 2.31. The number of rotatable bonds is 5. The molecule has 2 heterocycles. The van der Waals surface area contributed by atoms with Gasteiger partial charge in [0.2, 0.25) is 5.95 Å². The van der Waals surface area contributed by atoms with Gasteiger partial charge in [0.15, 0.2) is 0 Å². The van der Waals surface area contributed by atoms with Crippen LogP contribution in [0.1, 0.15) is 39.7 Å². The molecule has 0 bridgehead atoms. The standard InChI is InChI=1S/C25H24ClF3N4O3/c1-4-32(18-8-5-16(6-9-18)25(27,28)29)24-30-21-11-12-31(14-20(21)23(35)33(24)36-3)22(34)19-10-7-17(26)13-15(19)2/h5-10,13H,4,11-12,14H2,1-3H3. The van der Waals surface area contributed by atoms with E-state index in [-0.39, 0.29) is 18.4 Å². The molecule has 0 spiro atoms. The van der Waals surface area contributed by atoms with Crippen LogP contribution in [0.4, 0.5) is 24.8 Å². The van der Waals surface area contributed by atoms with Crippen molar-refractivity contribution in [2.75, 3.05) is 25.1 Å². The van der Waals surface area contributed by atoms with Crippen molar-refractivity contribution in [3.05, 3.63) is 85.8 Å². The Hall–Kier alpha value is -3.53. The van der Waals surface area contributed by atoms with E-state index in [1.807, 2.05) is 0 Å². The lowest BCUT2D eigenvalue weighted by molar-refractivity contribution is -0.137. The number of carbonyl (C=O) groups is 1. The van der Waals surface area contributed by atoms with Crippen LogP contribution in [0.5, 0.6) is 0 Å². The van der Waals surface area contributed by atoms with Crippen molar-refractivity contribution in [2.45, 2.75) is 33.0 Å². The van der Waals surface area contributed by atoms with Crippen LogP contribution in [-0.2, 0) is 19.1 Å². The predicted octanol–water partition coefficient (Wildman–Crippen LogP) is 4.64. The molecule has 2 aromatic carbocycles. The van der Waals surface area contributed by atoms with E-state index in [4.69, 9.17) is 16.4 Å². The zero-order valence-corrected chi connectivity index (χ0v) is 20.7. The molecule has 36 heavy (non-hydrogen) atoms. The van der Waals surface area contributed by atoms with Gasteiger partial charge < -0.3 is 14.6 Å². The van der Waals surface area contributed by atoms with Gasteiger partial charge in [0, 0.05) is 35.8 Å². The third-order valence-corrected chi connectivity index (χ3v) is 6.36. The van der Waals surface area contributed by atoms with Gasteiger partial charge >= 0.3 is 6.18 Å². The lowest BCUT2D eigenvalue weighted by Crippen LogP contribution is -2.43. The Labute approximate surface area is 210 Å². The predicted molar refractivity (Wildman–Crippen MR) is 130 cm³/mol. The molecule has 0 saturated heterocycles. The molecule has 0 N–H and O–H groups in total. The summed E-state index contributed by atoms with van der Waals surface area (Å²) in [6.07, 6.45) is -4.12. The van der Waals surface area contributed by atoms with E-state index >= 15 is 0 Å². The molecule has 11 heteroatoms. The second-order valence-electron chi connectivity index (χ2n) is 8.34. The number of nitrogens with zero attached hydrogens (tertiary/aromatic N) is 4. The van der Waals surface area contributed by atoms with Gasteiger partial charge in [-0.3, -0.25) is 9.59 Å². The molecule has 1 aromatic heterocycles. The molecule has 0 fully saturated rings. The zero-order chi connectivity index (χ0) is 26.2. The largest absolute Gasteiger partial charge is 0.416 e. The molecule has 0 atom stereocenters. The van der Waals surface area contributed by atoms with Crippen molar-refractivity contribution in [1.82, 2.24) is 14.6 Å². The fourth-order valence-electron chi connectivity index (χ4n) is 4.26. The first-order chi connectivity index (χ1) is 17.0. The molecule has 0 aliphatic carbocycles. The van der Waals surface area contributed by atoms with Gasteiger partial charge in [0.05, 0.1) is 23.4 Å². The minimum atomic E-state index is -4.46. The summed E-state index contributed by atoms with van der Waals surface area (Å²) in [4.78, 5) is 39.7. The number of aromatic nitrogens is 2. The molecule has 4 rings (SSSR count). The van der Waals surface area contributed by atoms with Gasteiger partial charge in [-0.15, -0.1) is 4.73 Å². The zero-order valence-electron chi connectivity index (χ0n) is 19.9. The molecule has 3 aromatic rings. The number of alkyl halides is 3. The van der Waals surface area contributed by atoms with E-state index in [9.17, 15) is 22.8 Å². The second kappa shape index (κ2) is 9.85. The molecule has 7 nitrogen and oxygen atoms in total. The third-order valence-electron chi connectivity index (χ3n) is 6.13. The fraction of sp³-hybridized carbons (Fsp3) is 0.320. The van der Waals surface area contributed by atoms with E-state index < -0.39 is 17.3 Å². The SMILES string of the molecule is CCN(c1ccc(C(F)(F)F)cc1)c1nc2c(c(=O)n1OC)CN(C(=O)c1ccc(Cl)cc1C)CC2. The lowest BCUT2D eigenvalue weighted by atomic mass is 10.0. The molecule has 0 radical (unpaired) electrons. The van der Waals surface area contributed by atoms with Crippen molar-refractivity contribution >= 4 is 29.1 Å². The maximum atomic E-state index is 13.4. The fourth-order valence-corrected chi connectivity index (χ4v) is 4.49. The summed E-state index contributed by atoms with van der Waals surface area (Å²) >= 11 is 6.01. The average molecular weight is 521 g/mol. The molecule has 1 aliphatic rings. The summed E-state index contributed by atoms with van der Waals surface area (Å²) in [7, 11) is 1.31. The Morgan fingerprint density at radius 2 is 1.89 bits per heavy atom. The monoisotopic (exact) mass is 520 g/mol. The summed E-state index contributed by atoms with van der Waals surface area (Å²) in [5, 5.41) is 0.529. The average Bonchev–Trinajstić information content (AvgIpc) is 2.84. The number of hydrogen-bond donors (Lipinski definition) is 0. The number of fused-ring (bicyclic) bond motifs is 1. The van der Waals surface area contributed by atoms with Crippen molar-refractivity contribution in [3.8, 4) is 0 Å². The summed E-state index contributed by atoms with van der Waals surface area (Å²) < 4.78 is 40.0. The van der Waals surface area contributed by atoms with Crippen molar-refractivity contribution in [3.63, 3.8) is 0 Å². The quantitative estimate of drug-likeness (QED) is 0.490.